The van der Waals surface area contributed by atoms with Crippen molar-refractivity contribution in [3.63, 3.8) is 0 Å². The van der Waals surface area contributed by atoms with Gasteiger partial charge >= 0.3 is 6.09 Å². The zero-order valence-electron chi connectivity index (χ0n) is 15.0. The van der Waals surface area contributed by atoms with Crippen LogP contribution in [0, 0.1) is 5.82 Å². The van der Waals surface area contributed by atoms with E-state index in [1.165, 1.54) is 29.2 Å². The minimum atomic E-state index is -0.592. The Bertz CT molecular complexity index is 612. The van der Waals surface area contributed by atoms with Crippen molar-refractivity contribution in [2.24, 2.45) is 0 Å². The molecule has 1 fully saturated rings. The van der Waals surface area contributed by atoms with E-state index in [1.807, 2.05) is 0 Å². The fourth-order valence-corrected chi connectivity index (χ4v) is 2.35. The highest BCUT2D eigenvalue weighted by Crippen LogP contribution is 2.21. The Morgan fingerprint density at radius 2 is 1.96 bits per heavy atom. The highest BCUT2D eigenvalue weighted by atomic mass is 19.1. The number of carbonyl (C=O) groups excluding carboxylic acids is 2. The molecule has 6 nitrogen and oxygen atoms in total. The maximum absolute atomic E-state index is 12.9. The predicted octanol–water partition coefficient (Wildman–Crippen LogP) is 2.72. The summed E-state index contributed by atoms with van der Waals surface area (Å²) in [6.07, 6.45) is -0.155. The van der Waals surface area contributed by atoms with Gasteiger partial charge in [-0.1, -0.05) is 0 Å². The minimum Gasteiger partial charge on any atom is -0.489 e. The highest BCUT2D eigenvalue weighted by Gasteiger charge is 2.39. The Hall–Kier alpha value is -2.31. The average molecular weight is 352 g/mol. The summed E-state index contributed by atoms with van der Waals surface area (Å²) in [4.78, 5) is 25.7. The summed E-state index contributed by atoms with van der Waals surface area (Å²) in [5, 5.41) is 2.78. The molecular formula is C18H25FN2O4. The maximum Gasteiger partial charge on any atom is 0.410 e. The second-order valence-corrected chi connectivity index (χ2v) is 7.11. The average Bonchev–Trinajstić information content (AvgIpc) is 2.44. The lowest BCUT2D eigenvalue weighted by Crippen LogP contribution is -2.59. The summed E-state index contributed by atoms with van der Waals surface area (Å²) < 4.78 is 23.8. The molecule has 0 aromatic heterocycles. The van der Waals surface area contributed by atoms with E-state index in [0.717, 1.165) is 0 Å². The summed E-state index contributed by atoms with van der Waals surface area (Å²) in [7, 11) is 0. The number of rotatable bonds is 5. The zero-order valence-corrected chi connectivity index (χ0v) is 15.0. The van der Waals surface area contributed by atoms with Gasteiger partial charge in [-0.25, -0.2) is 9.18 Å². The van der Waals surface area contributed by atoms with Gasteiger partial charge in [0, 0.05) is 6.54 Å². The minimum absolute atomic E-state index is 0.230. The van der Waals surface area contributed by atoms with Crippen LogP contribution in [0.3, 0.4) is 0 Å². The molecule has 1 heterocycles. The molecule has 1 saturated heterocycles. The molecule has 1 aliphatic heterocycles. The first-order valence-corrected chi connectivity index (χ1v) is 8.35. The van der Waals surface area contributed by atoms with Gasteiger partial charge in [-0.05, 0) is 58.4 Å². The maximum atomic E-state index is 12.9. The number of ether oxygens (including phenoxy) is 2. The molecule has 0 aliphatic carbocycles. The number of amides is 2. The Kier molecular flexibility index (Phi) is 5.87. The van der Waals surface area contributed by atoms with E-state index in [9.17, 15) is 14.0 Å². The molecule has 1 aromatic rings. The molecule has 1 aliphatic rings. The van der Waals surface area contributed by atoms with Crippen molar-refractivity contribution in [1.82, 2.24) is 10.2 Å². The molecule has 0 saturated carbocycles. The van der Waals surface area contributed by atoms with Gasteiger partial charge in [0.05, 0.1) is 6.54 Å². The van der Waals surface area contributed by atoms with Gasteiger partial charge < -0.3 is 14.8 Å². The van der Waals surface area contributed by atoms with Gasteiger partial charge in [0.15, 0.2) is 0 Å². The molecule has 0 radical (unpaired) electrons. The van der Waals surface area contributed by atoms with Crippen molar-refractivity contribution in [2.75, 3.05) is 13.1 Å². The number of carbonyl (C=O) groups is 2. The summed E-state index contributed by atoms with van der Waals surface area (Å²) >= 11 is 0. The second-order valence-electron chi connectivity index (χ2n) is 7.11. The first-order chi connectivity index (χ1) is 11.7. The lowest BCUT2D eigenvalue weighted by atomic mass is 10.0. The SMILES string of the molecule is C[C@@H](CNC(=O)[C@H]1CCN1C(=O)OC(C)(C)C)Oc1ccc(F)cc1. The highest BCUT2D eigenvalue weighted by molar-refractivity contribution is 5.87. The van der Waals surface area contributed by atoms with E-state index >= 15 is 0 Å². The lowest BCUT2D eigenvalue weighted by Gasteiger charge is -2.40. The van der Waals surface area contributed by atoms with Gasteiger partial charge in [0.1, 0.15) is 29.3 Å². The van der Waals surface area contributed by atoms with Crippen LogP contribution in [0.25, 0.3) is 0 Å². The van der Waals surface area contributed by atoms with Crippen LogP contribution in [0.2, 0.25) is 0 Å². The number of benzene rings is 1. The number of nitrogens with one attached hydrogen (secondary N) is 1. The summed E-state index contributed by atoms with van der Waals surface area (Å²) in [5.41, 5.74) is -0.592. The van der Waals surface area contributed by atoms with Gasteiger partial charge in [-0.3, -0.25) is 9.69 Å². The molecular weight excluding hydrogens is 327 g/mol. The summed E-state index contributed by atoms with van der Waals surface area (Å²) in [6, 6.07) is 5.18. The summed E-state index contributed by atoms with van der Waals surface area (Å²) in [6.45, 7) is 7.95. The van der Waals surface area contributed by atoms with Crippen molar-refractivity contribution in [3.05, 3.63) is 30.1 Å². The van der Waals surface area contributed by atoms with Gasteiger partial charge in [-0.15, -0.1) is 0 Å². The Morgan fingerprint density at radius 3 is 2.48 bits per heavy atom. The van der Waals surface area contributed by atoms with E-state index in [-0.39, 0.29) is 24.4 Å². The largest absolute Gasteiger partial charge is 0.489 e. The smallest absolute Gasteiger partial charge is 0.410 e. The van der Waals surface area contributed by atoms with Crippen molar-refractivity contribution in [2.45, 2.75) is 51.9 Å². The van der Waals surface area contributed by atoms with Gasteiger partial charge in [-0.2, -0.15) is 0 Å². The topological polar surface area (TPSA) is 67.9 Å². The van der Waals surface area contributed by atoms with Gasteiger partial charge in [0.25, 0.3) is 0 Å². The van der Waals surface area contributed by atoms with Crippen molar-refractivity contribution >= 4 is 12.0 Å². The second kappa shape index (κ2) is 7.72. The predicted molar refractivity (Wildman–Crippen MR) is 90.8 cm³/mol. The van der Waals surface area contributed by atoms with Gasteiger partial charge in [0.2, 0.25) is 5.91 Å². The monoisotopic (exact) mass is 352 g/mol. The standard InChI is InChI=1S/C18H25FN2O4/c1-12(24-14-7-5-13(19)6-8-14)11-20-16(22)15-9-10-21(15)17(23)25-18(2,3)4/h5-8,12,15H,9-11H2,1-4H3,(H,20,22)/t12-,15+/m0/s1. The molecule has 2 amide bonds. The van der Waals surface area contributed by atoms with Crippen LogP contribution in [0.1, 0.15) is 34.1 Å². The third-order valence-electron chi connectivity index (χ3n) is 3.66. The molecule has 1 N–H and O–H groups in total. The molecule has 2 atom stereocenters. The molecule has 138 valence electrons. The third-order valence-corrected chi connectivity index (χ3v) is 3.66. The normalized spacial score (nSPS) is 18.1. The Labute approximate surface area is 147 Å². The zero-order chi connectivity index (χ0) is 18.6. The van der Waals surface area contributed by atoms with Crippen LogP contribution in [0.4, 0.5) is 9.18 Å². The number of hydrogen-bond acceptors (Lipinski definition) is 4. The number of nitrogens with zero attached hydrogens (tertiary/aromatic N) is 1. The number of hydrogen-bond donors (Lipinski definition) is 1. The van der Waals surface area contributed by atoms with E-state index in [1.54, 1.807) is 27.7 Å². The molecule has 0 bridgehead atoms. The fraction of sp³-hybridized carbons (Fsp3) is 0.556. The molecule has 0 unspecified atom stereocenters. The van der Waals surface area contributed by atoms with Crippen LogP contribution in [-0.2, 0) is 9.53 Å². The van der Waals surface area contributed by atoms with Crippen LogP contribution in [0.5, 0.6) is 5.75 Å². The van der Waals surface area contributed by atoms with E-state index in [0.29, 0.717) is 18.7 Å². The first-order valence-electron chi connectivity index (χ1n) is 8.35. The molecule has 25 heavy (non-hydrogen) atoms. The van der Waals surface area contributed by atoms with Crippen LogP contribution >= 0.6 is 0 Å². The molecule has 0 spiro atoms. The summed E-state index contributed by atoms with van der Waals surface area (Å²) in [5.74, 6) is -0.0330. The Balaban J connectivity index is 1.77. The van der Waals surface area contributed by atoms with Crippen molar-refractivity contribution < 1.29 is 23.5 Å². The molecule has 1 aromatic carbocycles. The van der Waals surface area contributed by atoms with E-state index in [2.05, 4.69) is 5.32 Å². The first kappa shape index (κ1) is 19.0. The third kappa shape index (κ3) is 5.62. The number of halogens is 1. The van der Waals surface area contributed by atoms with Crippen LogP contribution in [0.15, 0.2) is 24.3 Å². The molecule has 7 heteroatoms. The van der Waals surface area contributed by atoms with Crippen molar-refractivity contribution in [1.29, 1.82) is 0 Å². The molecule has 2 rings (SSSR count). The van der Waals surface area contributed by atoms with E-state index in [4.69, 9.17) is 9.47 Å². The Morgan fingerprint density at radius 1 is 1.32 bits per heavy atom. The fourth-order valence-electron chi connectivity index (χ4n) is 2.35. The van der Waals surface area contributed by atoms with E-state index < -0.39 is 17.7 Å². The number of likely N-dealkylation sites (tertiary alicyclic amines) is 1. The quantitative estimate of drug-likeness (QED) is 0.885. The lowest BCUT2D eigenvalue weighted by molar-refractivity contribution is -0.130. The van der Waals surface area contributed by atoms with Crippen LogP contribution in [-0.4, -0.2) is 47.7 Å². The van der Waals surface area contributed by atoms with Crippen molar-refractivity contribution in [3.8, 4) is 5.75 Å². The van der Waals surface area contributed by atoms with Crippen LogP contribution < -0.4 is 10.1 Å².